The first-order valence-corrected chi connectivity index (χ1v) is 9.17. The molecule has 24 heavy (non-hydrogen) atoms. The van der Waals surface area contributed by atoms with E-state index in [-0.39, 0.29) is 6.04 Å². The van der Waals surface area contributed by atoms with Gasteiger partial charge in [-0.3, -0.25) is 9.88 Å². The molecule has 1 fully saturated rings. The van der Waals surface area contributed by atoms with Crippen LogP contribution in [0.25, 0.3) is 10.9 Å². The first kappa shape index (κ1) is 15.8. The third kappa shape index (κ3) is 2.97. The van der Waals surface area contributed by atoms with Crippen molar-refractivity contribution in [1.29, 1.82) is 0 Å². The second kappa shape index (κ2) is 7.01. The largest absolute Gasteiger partial charge is 0.314 e. The van der Waals surface area contributed by atoms with Crippen molar-refractivity contribution in [1.82, 2.24) is 15.2 Å². The quantitative estimate of drug-likeness (QED) is 0.743. The van der Waals surface area contributed by atoms with E-state index in [2.05, 4.69) is 85.7 Å². The monoisotopic (exact) mass is 381 g/mol. The fourth-order valence-corrected chi connectivity index (χ4v) is 4.06. The molecule has 3 aromatic rings. The average Bonchev–Trinajstić information content (AvgIpc) is 2.65. The molecular weight excluding hydrogens is 362 g/mol. The third-order valence-corrected chi connectivity index (χ3v) is 5.42. The number of piperazine rings is 1. The minimum absolute atomic E-state index is 0.232. The minimum atomic E-state index is 0.232. The molecule has 4 rings (SSSR count). The number of nitrogens with one attached hydrogen (secondary N) is 1. The van der Waals surface area contributed by atoms with E-state index in [0.29, 0.717) is 0 Å². The SMILES string of the molecule is Brc1ccccc1C(c1ccnc2ccccc12)N1CCNCC1. The Bertz CT molecular complexity index is 838. The highest BCUT2D eigenvalue weighted by atomic mass is 79.9. The molecule has 0 spiro atoms. The summed E-state index contributed by atoms with van der Waals surface area (Å²) in [6.07, 6.45) is 1.93. The lowest BCUT2D eigenvalue weighted by molar-refractivity contribution is 0.199. The Morgan fingerprint density at radius 1 is 0.917 bits per heavy atom. The molecule has 0 radical (unpaired) electrons. The third-order valence-electron chi connectivity index (χ3n) is 4.69. The van der Waals surface area contributed by atoms with Crippen LogP contribution >= 0.6 is 15.9 Å². The van der Waals surface area contributed by atoms with Gasteiger partial charge in [-0.25, -0.2) is 0 Å². The molecule has 3 nitrogen and oxygen atoms in total. The van der Waals surface area contributed by atoms with Gasteiger partial charge in [0.05, 0.1) is 11.6 Å². The molecule has 1 atom stereocenters. The molecular formula is C20H20BrN3. The lowest BCUT2D eigenvalue weighted by Gasteiger charge is -2.36. The topological polar surface area (TPSA) is 28.2 Å². The van der Waals surface area contributed by atoms with Crippen molar-refractivity contribution in [2.45, 2.75) is 6.04 Å². The molecule has 2 aromatic carbocycles. The Balaban J connectivity index is 1.90. The van der Waals surface area contributed by atoms with Gasteiger partial charge in [0.25, 0.3) is 0 Å². The summed E-state index contributed by atoms with van der Waals surface area (Å²) in [6.45, 7) is 4.15. The Morgan fingerprint density at radius 3 is 2.50 bits per heavy atom. The van der Waals surface area contributed by atoms with E-state index < -0.39 is 0 Å². The van der Waals surface area contributed by atoms with Crippen LogP contribution in [0.1, 0.15) is 17.2 Å². The normalized spacial score (nSPS) is 17.0. The fourth-order valence-electron chi connectivity index (χ4n) is 3.55. The molecule has 0 saturated carbocycles. The number of halogens is 1. The summed E-state index contributed by atoms with van der Waals surface area (Å²) in [6, 6.07) is 19.4. The number of pyridine rings is 1. The standard InChI is InChI=1S/C20H20BrN3/c21-18-7-3-1-6-17(18)20(24-13-11-22-12-14-24)16-9-10-23-19-8-4-2-5-15(16)19/h1-10,20,22H,11-14H2. The summed E-state index contributed by atoms with van der Waals surface area (Å²) in [4.78, 5) is 7.11. The van der Waals surface area contributed by atoms with Crippen molar-refractivity contribution in [3.05, 3.63) is 76.4 Å². The lowest BCUT2D eigenvalue weighted by Crippen LogP contribution is -2.45. The highest BCUT2D eigenvalue weighted by molar-refractivity contribution is 9.10. The zero-order chi connectivity index (χ0) is 16.4. The molecule has 0 amide bonds. The Labute approximate surface area is 150 Å². The number of hydrogen-bond donors (Lipinski definition) is 1. The maximum absolute atomic E-state index is 4.54. The zero-order valence-corrected chi connectivity index (χ0v) is 15.0. The smallest absolute Gasteiger partial charge is 0.0705 e. The molecule has 1 saturated heterocycles. The maximum Gasteiger partial charge on any atom is 0.0705 e. The van der Waals surface area contributed by atoms with E-state index in [1.807, 2.05) is 6.20 Å². The molecule has 1 aromatic heterocycles. The van der Waals surface area contributed by atoms with Crippen molar-refractivity contribution in [3.8, 4) is 0 Å². The highest BCUT2D eigenvalue weighted by Crippen LogP contribution is 2.36. The average molecular weight is 382 g/mol. The maximum atomic E-state index is 4.54. The van der Waals surface area contributed by atoms with Crippen molar-refractivity contribution in [2.24, 2.45) is 0 Å². The first-order chi connectivity index (χ1) is 11.8. The van der Waals surface area contributed by atoms with Crippen LogP contribution in [0.5, 0.6) is 0 Å². The summed E-state index contributed by atoms with van der Waals surface area (Å²) in [5.74, 6) is 0. The Hall–Kier alpha value is -1.75. The van der Waals surface area contributed by atoms with Crippen molar-refractivity contribution in [3.63, 3.8) is 0 Å². The highest BCUT2D eigenvalue weighted by Gasteiger charge is 2.26. The van der Waals surface area contributed by atoms with Crippen LogP contribution in [0.3, 0.4) is 0 Å². The summed E-state index contributed by atoms with van der Waals surface area (Å²) in [5.41, 5.74) is 3.70. The second-order valence-corrected chi connectivity index (χ2v) is 6.98. The van der Waals surface area contributed by atoms with Gasteiger partial charge in [-0.1, -0.05) is 52.3 Å². The van der Waals surface area contributed by atoms with Crippen molar-refractivity contribution >= 4 is 26.8 Å². The summed E-state index contributed by atoms with van der Waals surface area (Å²) < 4.78 is 1.16. The number of fused-ring (bicyclic) bond motifs is 1. The predicted molar refractivity (Wildman–Crippen MR) is 102 cm³/mol. The van der Waals surface area contributed by atoms with Crippen LogP contribution < -0.4 is 5.32 Å². The van der Waals surface area contributed by atoms with Gasteiger partial charge in [-0.15, -0.1) is 0 Å². The van der Waals surface area contributed by atoms with Crippen LogP contribution in [0.15, 0.2) is 65.3 Å². The van der Waals surface area contributed by atoms with E-state index in [0.717, 1.165) is 36.2 Å². The minimum Gasteiger partial charge on any atom is -0.314 e. The number of nitrogens with zero attached hydrogens (tertiary/aromatic N) is 2. The van der Waals surface area contributed by atoms with E-state index >= 15 is 0 Å². The lowest BCUT2D eigenvalue weighted by atomic mass is 9.94. The van der Waals surface area contributed by atoms with Gasteiger partial charge in [-0.2, -0.15) is 0 Å². The fraction of sp³-hybridized carbons (Fsp3) is 0.250. The molecule has 0 bridgehead atoms. The summed E-state index contributed by atoms with van der Waals surface area (Å²) in [5, 5.41) is 4.69. The molecule has 122 valence electrons. The van der Waals surface area contributed by atoms with E-state index in [1.165, 1.54) is 16.5 Å². The van der Waals surface area contributed by atoms with E-state index in [4.69, 9.17) is 0 Å². The molecule has 0 aliphatic carbocycles. The molecule has 1 aliphatic rings. The number of hydrogen-bond acceptors (Lipinski definition) is 3. The van der Waals surface area contributed by atoms with Gasteiger partial charge < -0.3 is 5.32 Å². The van der Waals surface area contributed by atoms with E-state index in [1.54, 1.807) is 0 Å². The van der Waals surface area contributed by atoms with Crippen molar-refractivity contribution < 1.29 is 0 Å². The van der Waals surface area contributed by atoms with Crippen LogP contribution in [0.2, 0.25) is 0 Å². The summed E-state index contributed by atoms with van der Waals surface area (Å²) >= 11 is 3.77. The van der Waals surface area contributed by atoms with Crippen LogP contribution in [0, 0.1) is 0 Å². The summed E-state index contributed by atoms with van der Waals surface area (Å²) in [7, 11) is 0. The number of benzene rings is 2. The van der Waals surface area contributed by atoms with Gasteiger partial charge >= 0.3 is 0 Å². The van der Waals surface area contributed by atoms with E-state index in [9.17, 15) is 0 Å². The molecule has 1 N–H and O–H groups in total. The molecule has 1 aliphatic heterocycles. The zero-order valence-electron chi connectivity index (χ0n) is 13.5. The molecule has 4 heteroatoms. The first-order valence-electron chi connectivity index (χ1n) is 8.37. The second-order valence-electron chi connectivity index (χ2n) is 6.13. The predicted octanol–water partition coefficient (Wildman–Crippen LogP) is 3.99. The van der Waals surface area contributed by atoms with Crippen molar-refractivity contribution in [2.75, 3.05) is 26.2 Å². The molecule has 1 unspecified atom stereocenters. The Morgan fingerprint density at radius 2 is 1.67 bits per heavy atom. The van der Waals surface area contributed by atoms with Gasteiger partial charge in [0.2, 0.25) is 0 Å². The van der Waals surface area contributed by atoms with Gasteiger partial charge in [0, 0.05) is 42.2 Å². The van der Waals surface area contributed by atoms with Gasteiger partial charge in [0.1, 0.15) is 0 Å². The number of aromatic nitrogens is 1. The number of rotatable bonds is 3. The van der Waals surface area contributed by atoms with Gasteiger partial charge in [-0.05, 0) is 29.3 Å². The molecule has 2 heterocycles. The van der Waals surface area contributed by atoms with Gasteiger partial charge in [0.15, 0.2) is 0 Å². The van der Waals surface area contributed by atoms with Crippen LogP contribution in [-0.2, 0) is 0 Å². The Kier molecular flexibility index (Phi) is 4.60. The van der Waals surface area contributed by atoms with Crippen LogP contribution in [-0.4, -0.2) is 36.1 Å². The van der Waals surface area contributed by atoms with Crippen LogP contribution in [0.4, 0.5) is 0 Å². The number of para-hydroxylation sites is 1.